The first-order chi connectivity index (χ1) is 6.15. The zero-order chi connectivity index (χ0) is 9.84. The number of nitrogens with zero attached hydrogens (tertiary/aromatic N) is 1. The summed E-state index contributed by atoms with van der Waals surface area (Å²) in [5, 5.41) is 18.1. The van der Waals surface area contributed by atoms with Crippen LogP contribution < -0.4 is 5.46 Å². The summed E-state index contributed by atoms with van der Waals surface area (Å²) in [6.45, 7) is 1.20. The first kappa shape index (κ1) is 10.6. The summed E-state index contributed by atoms with van der Waals surface area (Å²) < 4.78 is 6.62. The summed E-state index contributed by atoms with van der Waals surface area (Å²) in [6, 6.07) is 0. The van der Waals surface area contributed by atoms with Gasteiger partial charge in [-0.25, -0.2) is 0 Å². The highest BCUT2D eigenvalue weighted by Crippen LogP contribution is 2.06. The van der Waals surface area contributed by atoms with E-state index in [1.54, 1.807) is 24.1 Å². The van der Waals surface area contributed by atoms with E-state index in [0.717, 1.165) is 0 Å². The van der Waals surface area contributed by atoms with Crippen molar-refractivity contribution in [2.45, 2.75) is 6.54 Å². The lowest BCUT2D eigenvalue weighted by molar-refractivity contribution is 0.187. The van der Waals surface area contributed by atoms with Crippen LogP contribution in [0.15, 0.2) is 12.4 Å². The van der Waals surface area contributed by atoms with E-state index in [0.29, 0.717) is 23.6 Å². The van der Waals surface area contributed by atoms with Gasteiger partial charge in [0.1, 0.15) is 0 Å². The van der Waals surface area contributed by atoms with Gasteiger partial charge in [-0.3, -0.25) is 0 Å². The Labute approximate surface area is 81.8 Å². The molecule has 1 heterocycles. The number of hydrogen-bond donors (Lipinski definition) is 2. The Hall–Kier alpha value is -0.485. The average molecular weight is 203 g/mol. The molecule has 0 atom stereocenters. The molecule has 0 radical (unpaired) electrons. The Morgan fingerprint density at radius 3 is 2.69 bits per heavy atom. The van der Waals surface area contributed by atoms with Crippen molar-refractivity contribution in [3.05, 3.63) is 17.4 Å². The van der Waals surface area contributed by atoms with Crippen LogP contribution in [0.1, 0.15) is 0 Å². The van der Waals surface area contributed by atoms with E-state index in [4.69, 9.17) is 26.4 Å². The molecule has 0 fully saturated rings. The molecule has 0 aliphatic heterocycles. The first-order valence-electron chi connectivity index (χ1n) is 3.85. The van der Waals surface area contributed by atoms with E-state index >= 15 is 0 Å². The molecule has 0 aliphatic rings. The van der Waals surface area contributed by atoms with E-state index in [-0.39, 0.29) is 0 Å². The quantitative estimate of drug-likeness (QED) is 0.647. The number of ether oxygens (including phenoxy) is 1. The Morgan fingerprint density at radius 2 is 2.23 bits per heavy atom. The summed E-state index contributed by atoms with van der Waals surface area (Å²) in [7, 11) is 0.0868. The van der Waals surface area contributed by atoms with Crippen LogP contribution in [0, 0.1) is 0 Å². The van der Waals surface area contributed by atoms with Gasteiger partial charge in [-0.15, -0.1) is 0 Å². The van der Waals surface area contributed by atoms with Crippen molar-refractivity contribution in [3.63, 3.8) is 0 Å². The van der Waals surface area contributed by atoms with Crippen molar-refractivity contribution in [1.29, 1.82) is 0 Å². The van der Waals surface area contributed by atoms with Crippen LogP contribution in [0.25, 0.3) is 0 Å². The second-order valence-electron chi connectivity index (χ2n) is 2.67. The Kier molecular flexibility index (Phi) is 3.80. The van der Waals surface area contributed by atoms with Crippen molar-refractivity contribution >= 4 is 24.2 Å². The van der Waals surface area contributed by atoms with Crippen molar-refractivity contribution in [2.24, 2.45) is 0 Å². The maximum Gasteiger partial charge on any atom is 0.491 e. The van der Waals surface area contributed by atoms with Crippen LogP contribution in [0.5, 0.6) is 0 Å². The molecule has 2 N–H and O–H groups in total. The number of halogens is 1. The third-order valence-electron chi connectivity index (χ3n) is 1.69. The summed E-state index contributed by atoms with van der Waals surface area (Å²) in [5.74, 6) is 0. The normalized spacial score (nSPS) is 10.5. The molecule has 1 rings (SSSR count). The summed E-state index contributed by atoms with van der Waals surface area (Å²) >= 11 is 5.74. The lowest BCUT2D eigenvalue weighted by atomic mass is 9.83. The molecule has 0 amide bonds. The van der Waals surface area contributed by atoms with Gasteiger partial charge in [0.05, 0.1) is 11.6 Å². The molecule has 0 aliphatic carbocycles. The van der Waals surface area contributed by atoms with Crippen LogP contribution in [0.2, 0.25) is 5.02 Å². The summed E-state index contributed by atoms with van der Waals surface area (Å²) in [4.78, 5) is 0. The predicted molar refractivity (Wildman–Crippen MR) is 51.1 cm³/mol. The zero-order valence-electron chi connectivity index (χ0n) is 7.27. The second kappa shape index (κ2) is 4.67. The molecule has 13 heavy (non-hydrogen) atoms. The standard InChI is InChI=1S/C7H11BClNO3/c1-13-3-2-10-4-6(8(11)12)7(9)5-10/h4-5,11-12H,2-3H2,1H3. The lowest BCUT2D eigenvalue weighted by Gasteiger charge is -1.99. The van der Waals surface area contributed by atoms with E-state index < -0.39 is 7.12 Å². The Balaban J connectivity index is 2.71. The van der Waals surface area contributed by atoms with Gasteiger partial charge >= 0.3 is 7.12 Å². The number of rotatable bonds is 4. The lowest BCUT2D eigenvalue weighted by Crippen LogP contribution is -2.29. The maximum atomic E-state index is 8.87. The fourth-order valence-electron chi connectivity index (χ4n) is 1.01. The molecule has 0 saturated heterocycles. The van der Waals surface area contributed by atoms with Gasteiger partial charge in [-0.05, 0) is 0 Å². The van der Waals surface area contributed by atoms with Crippen molar-refractivity contribution in [1.82, 2.24) is 4.57 Å². The Bertz CT molecular complexity index is 277. The van der Waals surface area contributed by atoms with Crippen LogP contribution in [0.4, 0.5) is 0 Å². The fourth-order valence-corrected chi connectivity index (χ4v) is 1.29. The molecule has 1 aromatic rings. The van der Waals surface area contributed by atoms with Crippen molar-refractivity contribution < 1.29 is 14.8 Å². The Morgan fingerprint density at radius 1 is 1.54 bits per heavy atom. The summed E-state index contributed by atoms with van der Waals surface area (Å²) in [5.41, 5.74) is 0.317. The highest BCUT2D eigenvalue weighted by atomic mass is 35.5. The minimum Gasteiger partial charge on any atom is -0.423 e. The van der Waals surface area contributed by atoms with E-state index in [1.807, 2.05) is 0 Å². The molecular weight excluding hydrogens is 192 g/mol. The number of aromatic nitrogens is 1. The third kappa shape index (κ3) is 2.74. The molecular formula is C7H11BClNO3. The SMILES string of the molecule is COCCn1cc(Cl)c(B(O)O)c1. The number of hydrogen-bond acceptors (Lipinski definition) is 3. The first-order valence-corrected chi connectivity index (χ1v) is 4.23. The van der Waals surface area contributed by atoms with Gasteiger partial charge in [-0.2, -0.15) is 0 Å². The average Bonchev–Trinajstić information content (AvgIpc) is 2.43. The molecule has 4 nitrogen and oxygen atoms in total. The highest BCUT2D eigenvalue weighted by Gasteiger charge is 2.17. The fraction of sp³-hybridized carbons (Fsp3) is 0.429. The van der Waals surface area contributed by atoms with Crippen LogP contribution in [-0.4, -0.2) is 35.5 Å². The smallest absolute Gasteiger partial charge is 0.423 e. The molecule has 0 saturated carbocycles. The number of methoxy groups -OCH3 is 1. The van der Waals surface area contributed by atoms with E-state index in [9.17, 15) is 0 Å². The molecule has 0 spiro atoms. The molecule has 0 aromatic carbocycles. The molecule has 0 bridgehead atoms. The summed E-state index contributed by atoms with van der Waals surface area (Å²) in [6.07, 6.45) is 3.22. The van der Waals surface area contributed by atoms with Gasteiger partial charge in [0, 0.05) is 31.5 Å². The minimum atomic E-state index is -1.52. The van der Waals surface area contributed by atoms with Gasteiger partial charge in [0.15, 0.2) is 0 Å². The van der Waals surface area contributed by atoms with Gasteiger partial charge in [0.25, 0.3) is 0 Å². The van der Waals surface area contributed by atoms with E-state index in [1.165, 1.54) is 0 Å². The van der Waals surface area contributed by atoms with E-state index in [2.05, 4.69) is 0 Å². The third-order valence-corrected chi connectivity index (χ3v) is 2.01. The largest absolute Gasteiger partial charge is 0.491 e. The van der Waals surface area contributed by atoms with Gasteiger partial charge in [-0.1, -0.05) is 11.6 Å². The molecule has 1 aromatic heterocycles. The van der Waals surface area contributed by atoms with Crippen molar-refractivity contribution in [3.8, 4) is 0 Å². The minimum absolute atomic E-state index is 0.317. The zero-order valence-corrected chi connectivity index (χ0v) is 8.03. The van der Waals surface area contributed by atoms with Crippen LogP contribution >= 0.6 is 11.6 Å². The van der Waals surface area contributed by atoms with Gasteiger partial charge in [0.2, 0.25) is 0 Å². The maximum absolute atomic E-state index is 8.87. The molecule has 6 heteroatoms. The highest BCUT2D eigenvalue weighted by molar-refractivity contribution is 6.62. The predicted octanol–water partition coefficient (Wildman–Crippen LogP) is -0.532. The topological polar surface area (TPSA) is 54.6 Å². The second-order valence-corrected chi connectivity index (χ2v) is 3.07. The van der Waals surface area contributed by atoms with Crippen LogP contribution in [0.3, 0.4) is 0 Å². The molecule has 0 unspecified atom stereocenters. The van der Waals surface area contributed by atoms with Gasteiger partial charge < -0.3 is 19.4 Å². The molecule has 72 valence electrons. The monoisotopic (exact) mass is 203 g/mol. The van der Waals surface area contributed by atoms with Crippen LogP contribution in [-0.2, 0) is 11.3 Å². The van der Waals surface area contributed by atoms with Crippen molar-refractivity contribution in [2.75, 3.05) is 13.7 Å².